The van der Waals surface area contributed by atoms with Gasteiger partial charge in [-0.25, -0.2) is 4.79 Å². The first-order valence-electron chi connectivity index (χ1n) is 7.39. The molecule has 1 unspecified atom stereocenters. The third kappa shape index (κ3) is 3.97. The van der Waals surface area contributed by atoms with Gasteiger partial charge in [-0.2, -0.15) is 0 Å². The summed E-state index contributed by atoms with van der Waals surface area (Å²) < 4.78 is 10.9. The summed E-state index contributed by atoms with van der Waals surface area (Å²) in [6, 6.07) is 9.54. The third-order valence-corrected chi connectivity index (χ3v) is 3.73. The Balaban J connectivity index is 2.04. The summed E-state index contributed by atoms with van der Waals surface area (Å²) >= 11 is 0. The second kappa shape index (κ2) is 7.58. The molecule has 0 saturated carbocycles. The second-order valence-electron chi connectivity index (χ2n) is 5.86. The van der Waals surface area contributed by atoms with Crippen LogP contribution in [-0.2, 0) is 16.1 Å². The third-order valence-electron chi connectivity index (χ3n) is 3.73. The molecule has 1 aromatic carbocycles. The summed E-state index contributed by atoms with van der Waals surface area (Å²) in [6.07, 6.45) is -0.414. The molecule has 0 bridgehead atoms. The molecule has 1 aliphatic rings. The molecule has 1 aliphatic heterocycles. The minimum atomic E-state index is -0.754. The highest BCUT2D eigenvalue weighted by atomic mass is 16.6. The van der Waals surface area contributed by atoms with Gasteiger partial charge in [0.1, 0.15) is 12.1 Å². The van der Waals surface area contributed by atoms with Crippen LogP contribution in [0, 0.1) is 0 Å². The van der Waals surface area contributed by atoms with Crippen LogP contribution in [0.5, 0.6) is 0 Å². The number of nitrogens with zero attached hydrogens (tertiary/aromatic N) is 2. The van der Waals surface area contributed by atoms with Crippen molar-refractivity contribution in [2.24, 2.45) is 0 Å². The number of morpholine rings is 1. The van der Waals surface area contributed by atoms with Crippen LogP contribution in [0.15, 0.2) is 30.3 Å². The fourth-order valence-corrected chi connectivity index (χ4v) is 2.72. The highest BCUT2D eigenvalue weighted by Gasteiger charge is 2.43. The van der Waals surface area contributed by atoms with Crippen LogP contribution in [0.1, 0.15) is 5.56 Å². The van der Waals surface area contributed by atoms with E-state index in [-0.39, 0.29) is 13.2 Å². The first kappa shape index (κ1) is 16.7. The monoisotopic (exact) mass is 308 g/mol. The average molecular weight is 308 g/mol. The van der Waals surface area contributed by atoms with E-state index < -0.39 is 11.6 Å². The van der Waals surface area contributed by atoms with Gasteiger partial charge < -0.3 is 19.5 Å². The van der Waals surface area contributed by atoms with E-state index in [1.165, 1.54) is 0 Å². The summed E-state index contributed by atoms with van der Waals surface area (Å²) in [4.78, 5) is 16.0. The molecule has 2 rings (SSSR count). The molecule has 0 aliphatic carbocycles. The maximum atomic E-state index is 12.4. The van der Waals surface area contributed by atoms with Gasteiger partial charge in [-0.1, -0.05) is 30.3 Å². The van der Waals surface area contributed by atoms with E-state index in [0.717, 1.165) is 5.56 Å². The molecule has 1 atom stereocenters. The Morgan fingerprint density at radius 3 is 2.77 bits per heavy atom. The number of hydrogen-bond acceptors (Lipinski definition) is 5. The van der Waals surface area contributed by atoms with Crippen molar-refractivity contribution in [1.82, 2.24) is 9.80 Å². The van der Waals surface area contributed by atoms with Gasteiger partial charge in [-0.05, 0) is 19.7 Å². The Kier molecular flexibility index (Phi) is 5.76. The quantitative estimate of drug-likeness (QED) is 0.877. The molecule has 0 aromatic heterocycles. The zero-order valence-corrected chi connectivity index (χ0v) is 13.2. The largest absolute Gasteiger partial charge is 0.445 e. The lowest BCUT2D eigenvalue weighted by Crippen LogP contribution is -2.65. The minimum absolute atomic E-state index is 0.161. The number of carbonyl (C=O) groups excluding carboxylic acids is 1. The number of aliphatic hydroxyl groups is 1. The molecule has 22 heavy (non-hydrogen) atoms. The van der Waals surface area contributed by atoms with Crippen LogP contribution in [0.4, 0.5) is 4.79 Å². The molecular weight excluding hydrogens is 284 g/mol. The average Bonchev–Trinajstić information content (AvgIpc) is 2.53. The highest BCUT2D eigenvalue weighted by Crippen LogP contribution is 2.22. The van der Waals surface area contributed by atoms with Crippen LogP contribution >= 0.6 is 0 Å². The number of rotatable bonds is 5. The smallest absolute Gasteiger partial charge is 0.410 e. The van der Waals surface area contributed by atoms with Crippen molar-refractivity contribution in [1.29, 1.82) is 0 Å². The number of likely N-dealkylation sites (N-methyl/N-ethyl adjacent to an activating group) is 1. The van der Waals surface area contributed by atoms with Crippen molar-refractivity contribution < 1.29 is 19.4 Å². The molecule has 6 heteroatoms. The molecule has 1 fully saturated rings. The Morgan fingerprint density at radius 2 is 2.14 bits per heavy atom. The van der Waals surface area contributed by atoms with Crippen LogP contribution in [0.3, 0.4) is 0 Å². The maximum absolute atomic E-state index is 12.4. The predicted octanol–water partition coefficient (Wildman–Crippen LogP) is 0.948. The van der Waals surface area contributed by atoms with E-state index >= 15 is 0 Å². The summed E-state index contributed by atoms with van der Waals surface area (Å²) in [5, 5.41) is 9.84. The second-order valence-corrected chi connectivity index (χ2v) is 5.86. The van der Waals surface area contributed by atoms with Crippen LogP contribution in [0.2, 0.25) is 0 Å². The van der Waals surface area contributed by atoms with E-state index in [9.17, 15) is 9.90 Å². The molecule has 1 saturated heterocycles. The number of ether oxygens (including phenoxy) is 2. The number of amides is 1. The molecule has 6 nitrogen and oxygen atoms in total. The Labute approximate surface area is 131 Å². The van der Waals surface area contributed by atoms with E-state index in [0.29, 0.717) is 26.3 Å². The minimum Gasteiger partial charge on any atom is -0.445 e. The number of hydrogen-bond donors (Lipinski definition) is 1. The highest BCUT2D eigenvalue weighted by molar-refractivity contribution is 5.69. The zero-order chi connectivity index (χ0) is 16.0. The van der Waals surface area contributed by atoms with Gasteiger partial charge in [0.2, 0.25) is 0 Å². The molecule has 1 aromatic rings. The number of aliphatic hydroxyl groups excluding tert-OH is 1. The Morgan fingerprint density at radius 1 is 1.41 bits per heavy atom. The van der Waals surface area contributed by atoms with Gasteiger partial charge >= 0.3 is 6.09 Å². The Bertz CT molecular complexity index is 480. The standard InChI is InChI=1S/C16H24N2O4/c1-17(2)11-16(12-19)13-21-9-8-18(16)15(20)22-10-14-6-4-3-5-7-14/h3-7,19H,8-13H2,1-2H3. The molecule has 1 N–H and O–H groups in total. The Hall–Kier alpha value is -1.63. The fourth-order valence-electron chi connectivity index (χ4n) is 2.72. The first-order chi connectivity index (χ1) is 10.6. The van der Waals surface area contributed by atoms with Gasteiger partial charge in [-0.15, -0.1) is 0 Å². The molecule has 1 amide bonds. The normalized spacial score (nSPS) is 21.9. The fraction of sp³-hybridized carbons (Fsp3) is 0.562. The maximum Gasteiger partial charge on any atom is 0.410 e. The predicted molar refractivity (Wildman–Crippen MR) is 82.5 cm³/mol. The number of carbonyl (C=O) groups is 1. The molecule has 122 valence electrons. The summed E-state index contributed by atoms with van der Waals surface area (Å²) in [7, 11) is 3.80. The zero-order valence-electron chi connectivity index (χ0n) is 13.2. The van der Waals surface area contributed by atoms with Crippen molar-refractivity contribution in [3.8, 4) is 0 Å². The first-order valence-corrected chi connectivity index (χ1v) is 7.39. The van der Waals surface area contributed by atoms with Crippen molar-refractivity contribution in [3.05, 3.63) is 35.9 Å². The summed E-state index contributed by atoms with van der Waals surface area (Å²) in [6.45, 7) is 1.76. The SMILES string of the molecule is CN(C)CC1(CO)COCCN1C(=O)OCc1ccccc1. The van der Waals surface area contributed by atoms with Crippen LogP contribution < -0.4 is 0 Å². The van der Waals surface area contributed by atoms with Crippen molar-refractivity contribution >= 4 is 6.09 Å². The number of benzene rings is 1. The molecule has 0 radical (unpaired) electrons. The molecule has 0 spiro atoms. The van der Waals surface area contributed by atoms with E-state index in [4.69, 9.17) is 9.47 Å². The van der Waals surface area contributed by atoms with E-state index in [1.54, 1.807) is 4.90 Å². The van der Waals surface area contributed by atoms with E-state index in [2.05, 4.69) is 0 Å². The lowest BCUT2D eigenvalue weighted by Gasteiger charge is -2.46. The lowest BCUT2D eigenvalue weighted by molar-refractivity contribution is -0.0913. The van der Waals surface area contributed by atoms with Crippen LogP contribution in [-0.4, -0.2) is 73.5 Å². The van der Waals surface area contributed by atoms with Crippen molar-refractivity contribution in [2.45, 2.75) is 12.1 Å². The van der Waals surface area contributed by atoms with E-state index in [1.807, 2.05) is 49.3 Å². The molecule has 1 heterocycles. The van der Waals surface area contributed by atoms with Gasteiger partial charge in [0.15, 0.2) is 0 Å². The van der Waals surface area contributed by atoms with Crippen LogP contribution in [0.25, 0.3) is 0 Å². The summed E-state index contributed by atoms with van der Waals surface area (Å²) in [5.41, 5.74) is 0.182. The lowest BCUT2D eigenvalue weighted by atomic mass is 9.97. The van der Waals surface area contributed by atoms with Gasteiger partial charge in [-0.3, -0.25) is 4.90 Å². The topological polar surface area (TPSA) is 62.2 Å². The van der Waals surface area contributed by atoms with Gasteiger partial charge in [0.25, 0.3) is 0 Å². The van der Waals surface area contributed by atoms with Crippen molar-refractivity contribution in [3.63, 3.8) is 0 Å². The van der Waals surface area contributed by atoms with Crippen molar-refractivity contribution in [2.75, 3.05) is 47.0 Å². The molecular formula is C16H24N2O4. The van der Waals surface area contributed by atoms with Gasteiger partial charge in [0, 0.05) is 13.1 Å². The summed E-state index contributed by atoms with van der Waals surface area (Å²) in [5.74, 6) is 0. The van der Waals surface area contributed by atoms with Gasteiger partial charge in [0.05, 0.1) is 19.8 Å².